The van der Waals surface area contributed by atoms with Crippen molar-refractivity contribution >= 4 is 21.8 Å². The molecule has 3 aromatic heterocycles. The van der Waals surface area contributed by atoms with Crippen molar-refractivity contribution in [2.75, 3.05) is 0 Å². The maximum atomic E-state index is 6.68. The molecule has 0 spiro atoms. The monoisotopic (exact) mass is 618 g/mol. The van der Waals surface area contributed by atoms with Gasteiger partial charge in [0.2, 0.25) is 0 Å². The van der Waals surface area contributed by atoms with Crippen LogP contribution in [0.5, 0.6) is 11.5 Å². The van der Waals surface area contributed by atoms with Crippen molar-refractivity contribution in [2.45, 2.75) is 61.8 Å². The molecule has 0 radical (unpaired) electrons. The van der Waals surface area contributed by atoms with E-state index in [0.29, 0.717) is 5.92 Å². The maximum Gasteiger partial charge on any atom is 0.137 e. The van der Waals surface area contributed by atoms with Gasteiger partial charge in [-0.15, -0.1) is 0 Å². The average Bonchev–Trinajstić information content (AvgIpc) is 3.66. The summed E-state index contributed by atoms with van der Waals surface area (Å²) in [4.78, 5) is 4.74. The molecule has 0 fully saturated rings. The van der Waals surface area contributed by atoms with E-state index in [-0.39, 0.29) is 0 Å². The van der Waals surface area contributed by atoms with E-state index in [4.69, 9.17) is 14.8 Å². The van der Waals surface area contributed by atoms with E-state index in [1.54, 1.807) is 0 Å². The molecule has 0 N–H and O–H groups in total. The maximum absolute atomic E-state index is 6.68. The Morgan fingerprint density at radius 2 is 1.43 bits per heavy atom. The number of pyridine rings is 1. The lowest BCUT2D eigenvalue weighted by Crippen LogP contribution is -2.01. The zero-order chi connectivity index (χ0) is 33.0. The van der Waals surface area contributed by atoms with E-state index in [1.807, 2.05) is 23.1 Å². The molecule has 236 valence electrons. The van der Waals surface area contributed by atoms with E-state index in [1.165, 1.54) is 55.3 Å². The summed E-state index contributed by atoms with van der Waals surface area (Å²) in [7, 11) is 0. The third kappa shape index (κ3) is 5.50. The first-order chi connectivity index (χ1) is 22.6. The average molecular weight is 619 g/mol. The molecule has 0 saturated carbocycles. The number of hydrogen-bond acceptors (Lipinski definition) is 3. The molecule has 5 nitrogen and oxygen atoms in total. The van der Waals surface area contributed by atoms with Crippen LogP contribution in [0.1, 0.15) is 52.8 Å². The fraction of sp³-hybridized carbons (Fsp3) is 0.238. The number of nitrogens with zero attached hydrogens (tertiary/aromatic N) is 4. The third-order valence-corrected chi connectivity index (χ3v) is 9.74. The minimum Gasteiger partial charge on any atom is -0.457 e. The Morgan fingerprint density at radius 3 is 2.17 bits per heavy atom. The highest BCUT2D eigenvalue weighted by Gasteiger charge is 2.17. The highest BCUT2D eigenvalue weighted by molar-refractivity contribution is 6.09. The molecule has 0 unspecified atom stereocenters. The zero-order valence-corrected chi connectivity index (χ0v) is 28.6. The van der Waals surface area contributed by atoms with Gasteiger partial charge in [-0.1, -0.05) is 32.0 Å². The molecule has 0 aliphatic rings. The molecular formula is C42H42N4O. The van der Waals surface area contributed by atoms with Gasteiger partial charge in [0.05, 0.1) is 22.9 Å². The van der Waals surface area contributed by atoms with Gasteiger partial charge in [0.25, 0.3) is 0 Å². The number of rotatable bonds is 7. The van der Waals surface area contributed by atoms with Crippen LogP contribution in [0.25, 0.3) is 44.4 Å². The molecule has 0 saturated heterocycles. The van der Waals surface area contributed by atoms with Crippen LogP contribution < -0.4 is 4.74 Å². The van der Waals surface area contributed by atoms with E-state index < -0.39 is 0 Å². The van der Waals surface area contributed by atoms with Crippen molar-refractivity contribution < 1.29 is 4.74 Å². The lowest BCUT2D eigenvalue weighted by Gasteiger charge is -2.17. The minimum atomic E-state index is 0.504. The van der Waals surface area contributed by atoms with Crippen LogP contribution in [0.3, 0.4) is 0 Å². The molecule has 47 heavy (non-hydrogen) atoms. The first-order valence-corrected chi connectivity index (χ1v) is 16.5. The second-order valence-corrected chi connectivity index (χ2v) is 13.4. The number of fused-ring (bicyclic) bond motifs is 3. The predicted octanol–water partition coefficient (Wildman–Crippen LogP) is 10.9. The van der Waals surface area contributed by atoms with Gasteiger partial charge in [-0.3, -0.25) is 4.57 Å². The summed E-state index contributed by atoms with van der Waals surface area (Å²) in [5.41, 5.74) is 14.7. The highest BCUT2D eigenvalue weighted by Crippen LogP contribution is 2.37. The third-order valence-electron chi connectivity index (χ3n) is 9.74. The lowest BCUT2D eigenvalue weighted by molar-refractivity contribution is 0.481. The Morgan fingerprint density at radius 1 is 0.702 bits per heavy atom. The number of para-hydroxylation sites is 1. The van der Waals surface area contributed by atoms with Gasteiger partial charge in [0.1, 0.15) is 17.3 Å². The summed E-state index contributed by atoms with van der Waals surface area (Å²) >= 11 is 0. The first-order valence-electron chi connectivity index (χ1n) is 16.5. The van der Waals surface area contributed by atoms with Gasteiger partial charge >= 0.3 is 0 Å². The van der Waals surface area contributed by atoms with Crippen molar-refractivity contribution in [3.63, 3.8) is 0 Å². The standard InChI is InChI=1S/C42H42N4O/c1-25(2)17-32-19-34(45-24-33(23-44-45)42-30(7)28(5)27(4)29(6)31(42)8)21-36(20-32)47-35-13-14-38-37-11-9-10-12-39(37)46(40(38)22-35)41-18-26(3)15-16-43-41/h9-16,18-25H,17H2,1-8H3. The summed E-state index contributed by atoms with van der Waals surface area (Å²) in [6.07, 6.45) is 6.96. The van der Waals surface area contributed by atoms with Gasteiger partial charge < -0.3 is 4.74 Å². The van der Waals surface area contributed by atoms with Crippen LogP contribution in [-0.4, -0.2) is 19.3 Å². The Bertz CT molecular complexity index is 2270. The zero-order valence-electron chi connectivity index (χ0n) is 28.6. The van der Waals surface area contributed by atoms with Gasteiger partial charge in [0, 0.05) is 40.9 Å². The van der Waals surface area contributed by atoms with Crippen LogP contribution in [0, 0.1) is 47.5 Å². The van der Waals surface area contributed by atoms with Crippen LogP contribution >= 0.6 is 0 Å². The molecule has 0 aliphatic carbocycles. The summed E-state index contributed by atoms with van der Waals surface area (Å²) in [5.74, 6) is 2.97. The quantitative estimate of drug-likeness (QED) is 0.178. The molecule has 4 aromatic carbocycles. The summed E-state index contributed by atoms with van der Waals surface area (Å²) < 4.78 is 10.9. The van der Waals surface area contributed by atoms with Gasteiger partial charge in [-0.25, -0.2) is 9.67 Å². The predicted molar refractivity (Wildman–Crippen MR) is 195 cm³/mol. The minimum absolute atomic E-state index is 0.504. The van der Waals surface area contributed by atoms with Gasteiger partial charge in [-0.05, 0) is 141 Å². The number of benzene rings is 4. The topological polar surface area (TPSA) is 44.9 Å². The van der Waals surface area contributed by atoms with Crippen molar-refractivity contribution in [1.82, 2.24) is 19.3 Å². The Hall–Kier alpha value is -5.16. The smallest absolute Gasteiger partial charge is 0.137 e. The molecule has 7 rings (SSSR count). The van der Waals surface area contributed by atoms with Crippen LogP contribution in [0.4, 0.5) is 0 Å². The first kappa shape index (κ1) is 30.5. The molecule has 7 aromatic rings. The van der Waals surface area contributed by atoms with E-state index >= 15 is 0 Å². The Labute approximate surface area is 277 Å². The van der Waals surface area contributed by atoms with Crippen molar-refractivity contribution in [3.05, 3.63) is 130 Å². The molecule has 0 amide bonds. The fourth-order valence-electron chi connectivity index (χ4n) is 6.99. The largest absolute Gasteiger partial charge is 0.457 e. The molecule has 0 bridgehead atoms. The van der Waals surface area contributed by atoms with Gasteiger partial charge in [0.15, 0.2) is 0 Å². The fourth-order valence-corrected chi connectivity index (χ4v) is 6.99. The molecular weight excluding hydrogens is 576 g/mol. The van der Waals surface area contributed by atoms with Crippen molar-refractivity contribution in [3.8, 4) is 34.1 Å². The van der Waals surface area contributed by atoms with E-state index in [9.17, 15) is 0 Å². The normalized spacial score (nSPS) is 11.7. The number of ether oxygens (including phenoxy) is 1. The number of aromatic nitrogens is 4. The number of hydrogen-bond donors (Lipinski definition) is 0. The summed E-state index contributed by atoms with van der Waals surface area (Å²) in [6, 6.07) is 25.5. The second kappa shape index (κ2) is 11.9. The number of aryl methyl sites for hydroxylation is 1. The highest BCUT2D eigenvalue weighted by atomic mass is 16.5. The summed E-state index contributed by atoms with van der Waals surface area (Å²) in [6.45, 7) is 17.7. The molecule has 5 heteroatoms. The van der Waals surface area contributed by atoms with Crippen molar-refractivity contribution in [2.24, 2.45) is 5.92 Å². The van der Waals surface area contributed by atoms with Crippen molar-refractivity contribution in [1.29, 1.82) is 0 Å². The Kier molecular flexibility index (Phi) is 7.71. The SMILES string of the molecule is Cc1ccnc(-n2c3ccccc3c3ccc(Oc4cc(CC(C)C)cc(-n5cc(-c6c(C)c(C)c(C)c(C)c6C)cn5)c4)cc32)c1. The molecule has 0 atom stereocenters. The van der Waals surface area contributed by atoms with E-state index in [0.717, 1.165) is 46.0 Å². The molecule has 0 aliphatic heterocycles. The molecule has 3 heterocycles. The van der Waals surface area contributed by atoms with Crippen LogP contribution in [0.2, 0.25) is 0 Å². The second-order valence-electron chi connectivity index (χ2n) is 13.4. The van der Waals surface area contributed by atoms with Gasteiger partial charge in [-0.2, -0.15) is 5.10 Å². The lowest BCUT2D eigenvalue weighted by atomic mass is 9.87. The van der Waals surface area contributed by atoms with Crippen LogP contribution in [-0.2, 0) is 6.42 Å². The Balaban J connectivity index is 1.31. The summed E-state index contributed by atoms with van der Waals surface area (Å²) in [5, 5.41) is 7.22. The van der Waals surface area contributed by atoms with E-state index in [2.05, 4.69) is 133 Å². The van der Waals surface area contributed by atoms with Crippen LogP contribution in [0.15, 0.2) is 91.4 Å².